The lowest BCUT2D eigenvalue weighted by Crippen LogP contribution is -2.28. The van der Waals surface area contributed by atoms with Crippen LogP contribution in [-0.4, -0.2) is 37.4 Å². The molecule has 0 fully saturated rings. The van der Waals surface area contributed by atoms with Gasteiger partial charge in [-0.15, -0.1) is 0 Å². The van der Waals surface area contributed by atoms with Gasteiger partial charge < -0.3 is 4.90 Å². The molecule has 6 nitrogen and oxygen atoms in total. The molecule has 0 aliphatic heterocycles. The van der Waals surface area contributed by atoms with Crippen molar-refractivity contribution in [2.75, 3.05) is 7.05 Å². The summed E-state index contributed by atoms with van der Waals surface area (Å²) >= 11 is 0. The van der Waals surface area contributed by atoms with Crippen LogP contribution in [0.4, 0.5) is 0 Å². The van der Waals surface area contributed by atoms with Crippen LogP contribution in [0.25, 0.3) is 0 Å². The zero-order chi connectivity index (χ0) is 13.8. The second kappa shape index (κ2) is 5.69. The Kier molecular flexibility index (Phi) is 3.99. The van der Waals surface area contributed by atoms with Crippen LogP contribution in [0, 0.1) is 0 Å². The summed E-state index contributed by atoms with van der Waals surface area (Å²) in [5.41, 5.74) is 1.65. The van der Waals surface area contributed by atoms with Crippen LogP contribution in [0.3, 0.4) is 0 Å². The molecule has 0 saturated carbocycles. The van der Waals surface area contributed by atoms with E-state index in [1.54, 1.807) is 35.1 Å². The lowest BCUT2D eigenvalue weighted by Gasteiger charge is -2.16. The fourth-order valence-corrected chi connectivity index (χ4v) is 1.97. The number of aromatic nitrogens is 4. The van der Waals surface area contributed by atoms with Gasteiger partial charge in [-0.3, -0.25) is 14.2 Å². The number of aryl methyl sites for hydroxylation is 2. The van der Waals surface area contributed by atoms with Crippen molar-refractivity contribution in [3.8, 4) is 0 Å². The van der Waals surface area contributed by atoms with E-state index < -0.39 is 0 Å². The molecule has 102 valence electrons. The van der Waals surface area contributed by atoms with Crippen molar-refractivity contribution in [3.05, 3.63) is 35.9 Å². The molecule has 0 radical (unpaired) electrons. The number of carbonyl (C=O) groups excluding carboxylic acids is 1. The van der Waals surface area contributed by atoms with Crippen LogP contribution in [0.15, 0.2) is 24.7 Å². The van der Waals surface area contributed by atoms with Crippen LogP contribution in [0.2, 0.25) is 0 Å². The van der Waals surface area contributed by atoms with Crippen molar-refractivity contribution in [2.24, 2.45) is 0 Å². The summed E-state index contributed by atoms with van der Waals surface area (Å²) in [6, 6.07) is 1.75. The van der Waals surface area contributed by atoms with Gasteiger partial charge in [-0.05, 0) is 19.9 Å². The molecule has 0 aliphatic rings. The van der Waals surface area contributed by atoms with Gasteiger partial charge in [0.25, 0.3) is 5.91 Å². The second-order valence-electron chi connectivity index (χ2n) is 4.40. The summed E-state index contributed by atoms with van der Waals surface area (Å²) in [6.45, 7) is 6.07. The Hall–Kier alpha value is -2.11. The third-order valence-electron chi connectivity index (χ3n) is 3.01. The van der Waals surface area contributed by atoms with Crippen molar-refractivity contribution in [1.29, 1.82) is 0 Å². The Balaban J connectivity index is 2.07. The second-order valence-corrected chi connectivity index (χ2v) is 4.40. The highest BCUT2D eigenvalue weighted by Crippen LogP contribution is 2.08. The van der Waals surface area contributed by atoms with Gasteiger partial charge in [0.15, 0.2) is 0 Å². The molecule has 0 aliphatic carbocycles. The summed E-state index contributed by atoms with van der Waals surface area (Å²) in [7, 11) is 1.79. The van der Waals surface area contributed by atoms with Crippen molar-refractivity contribution >= 4 is 5.91 Å². The van der Waals surface area contributed by atoms with Gasteiger partial charge in [0, 0.05) is 44.6 Å². The minimum Gasteiger partial charge on any atom is -0.336 e. The highest BCUT2D eigenvalue weighted by atomic mass is 16.2. The molecule has 0 unspecified atom stereocenters. The Morgan fingerprint density at radius 1 is 1.32 bits per heavy atom. The maximum absolute atomic E-state index is 12.3. The van der Waals surface area contributed by atoms with Crippen molar-refractivity contribution in [3.63, 3.8) is 0 Å². The van der Waals surface area contributed by atoms with E-state index in [4.69, 9.17) is 0 Å². The molecule has 0 saturated heterocycles. The fraction of sp³-hybridized carbons (Fsp3) is 0.462. The fourth-order valence-electron chi connectivity index (χ4n) is 1.97. The summed E-state index contributed by atoms with van der Waals surface area (Å²) in [4.78, 5) is 14.0. The monoisotopic (exact) mass is 261 g/mol. The molecular weight excluding hydrogens is 242 g/mol. The maximum Gasteiger partial charge on any atom is 0.272 e. The average molecular weight is 261 g/mol. The first kappa shape index (κ1) is 13.3. The molecule has 0 aromatic carbocycles. The first-order valence-electron chi connectivity index (χ1n) is 6.44. The Labute approximate surface area is 112 Å². The van der Waals surface area contributed by atoms with Crippen LogP contribution < -0.4 is 0 Å². The van der Waals surface area contributed by atoms with E-state index in [9.17, 15) is 4.79 Å². The smallest absolute Gasteiger partial charge is 0.272 e. The zero-order valence-corrected chi connectivity index (χ0v) is 11.6. The summed E-state index contributed by atoms with van der Waals surface area (Å²) in [6.07, 6.45) is 5.41. The van der Waals surface area contributed by atoms with Gasteiger partial charge in [-0.25, -0.2) is 0 Å². The quantitative estimate of drug-likeness (QED) is 0.817. The first-order chi connectivity index (χ1) is 9.15. The van der Waals surface area contributed by atoms with Gasteiger partial charge >= 0.3 is 0 Å². The number of rotatable bonds is 5. The molecule has 2 heterocycles. The van der Waals surface area contributed by atoms with E-state index >= 15 is 0 Å². The number of amides is 1. The molecule has 0 bridgehead atoms. The maximum atomic E-state index is 12.3. The standard InChI is InChI=1S/C13H19N5O/c1-4-17-10-11(8-15-17)9-16(3)13(19)12-6-7-14-18(12)5-2/h6-8,10H,4-5,9H2,1-3H3. The third-order valence-corrected chi connectivity index (χ3v) is 3.01. The Morgan fingerprint density at radius 2 is 2.11 bits per heavy atom. The molecule has 0 N–H and O–H groups in total. The molecule has 1 amide bonds. The van der Waals surface area contributed by atoms with E-state index in [0.717, 1.165) is 12.1 Å². The van der Waals surface area contributed by atoms with E-state index in [1.165, 1.54) is 0 Å². The van der Waals surface area contributed by atoms with Crippen molar-refractivity contribution in [1.82, 2.24) is 24.5 Å². The van der Waals surface area contributed by atoms with E-state index in [0.29, 0.717) is 18.8 Å². The summed E-state index contributed by atoms with van der Waals surface area (Å²) < 4.78 is 3.55. The Morgan fingerprint density at radius 3 is 2.74 bits per heavy atom. The molecule has 0 spiro atoms. The van der Waals surface area contributed by atoms with Gasteiger partial charge in [0.1, 0.15) is 5.69 Å². The normalized spacial score (nSPS) is 10.7. The average Bonchev–Trinajstić information content (AvgIpc) is 3.05. The third kappa shape index (κ3) is 2.83. The minimum absolute atomic E-state index is 0.0244. The number of nitrogens with zero attached hydrogens (tertiary/aromatic N) is 5. The highest BCUT2D eigenvalue weighted by Gasteiger charge is 2.16. The van der Waals surface area contributed by atoms with Crippen LogP contribution in [0.1, 0.15) is 29.9 Å². The Bertz CT molecular complexity index is 557. The molecule has 2 aromatic rings. The zero-order valence-electron chi connectivity index (χ0n) is 11.6. The molecular formula is C13H19N5O. The van der Waals surface area contributed by atoms with Gasteiger partial charge in [0.05, 0.1) is 6.20 Å². The van der Waals surface area contributed by atoms with Crippen LogP contribution in [-0.2, 0) is 19.6 Å². The summed E-state index contributed by atoms with van der Waals surface area (Å²) in [5.74, 6) is -0.0244. The van der Waals surface area contributed by atoms with Gasteiger partial charge in [-0.2, -0.15) is 10.2 Å². The number of hydrogen-bond donors (Lipinski definition) is 0. The lowest BCUT2D eigenvalue weighted by molar-refractivity contribution is 0.0772. The number of hydrogen-bond acceptors (Lipinski definition) is 3. The first-order valence-corrected chi connectivity index (χ1v) is 6.44. The van der Waals surface area contributed by atoms with Gasteiger partial charge in [-0.1, -0.05) is 0 Å². The lowest BCUT2D eigenvalue weighted by atomic mass is 10.3. The topological polar surface area (TPSA) is 56.0 Å². The van der Waals surface area contributed by atoms with Crippen LogP contribution in [0.5, 0.6) is 0 Å². The highest BCUT2D eigenvalue weighted by molar-refractivity contribution is 5.92. The van der Waals surface area contributed by atoms with Crippen molar-refractivity contribution < 1.29 is 4.79 Å². The van der Waals surface area contributed by atoms with E-state index in [-0.39, 0.29) is 5.91 Å². The van der Waals surface area contributed by atoms with E-state index in [1.807, 2.05) is 24.7 Å². The molecule has 2 rings (SSSR count). The van der Waals surface area contributed by atoms with E-state index in [2.05, 4.69) is 10.2 Å². The largest absolute Gasteiger partial charge is 0.336 e. The molecule has 2 aromatic heterocycles. The summed E-state index contributed by atoms with van der Waals surface area (Å²) in [5, 5.41) is 8.32. The van der Waals surface area contributed by atoms with Gasteiger partial charge in [0.2, 0.25) is 0 Å². The minimum atomic E-state index is -0.0244. The van der Waals surface area contributed by atoms with Crippen molar-refractivity contribution in [2.45, 2.75) is 33.5 Å². The molecule has 0 atom stereocenters. The predicted octanol–water partition coefficient (Wildman–Crippen LogP) is 1.39. The molecule has 19 heavy (non-hydrogen) atoms. The van der Waals surface area contributed by atoms with Crippen LogP contribution >= 0.6 is 0 Å². The number of carbonyl (C=O) groups is 1. The predicted molar refractivity (Wildman–Crippen MR) is 71.6 cm³/mol. The SMILES string of the molecule is CCn1cc(CN(C)C(=O)c2ccnn2CC)cn1. The molecule has 6 heteroatoms.